The zero-order chi connectivity index (χ0) is 14.1. The summed E-state index contributed by atoms with van der Waals surface area (Å²) in [6.07, 6.45) is 3.55. The van der Waals surface area contributed by atoms with E-state index < -0.39 is 0 Å². The number of aliphatic hydroxyl groups excluding tert-OH is 1. The van der Waals surface area contributed by atoms with Crippen LogP contribution in [-0.4, -0.2) is 24.2 Å². The molecule has 1 aromatic carbocycles. The summed E-state index contributed by atoms with van der Waals surface area (Å²) in [6, 6.07) is 8.55. The highest BCUT2D eigenvalue weighted by Crippen LogP contribution is 2.08. The van der Waals surface area contributed by atoms with Gasteiger partial charge in [0.05, 0.1) is 0 Å². The van der Waals surface area contributed by atoms with Gasteiger partial charge in [0.25, 0.3) is 0 Å². The topological polar surface area (TPSA) is 49.3 Å². The maximum atomic E-state index is 11.5. The highest BCUT2D eigenvalue weighted by Gasteiger charge is 2.04. The maximum Gasteiger partial charge on any atom is 0.220 e. The number of amides is 1. The molecule has 0 saturated carbocycles. The first-order valence-electron chi connectivity index (χ1n) is 7.05. The molecular formula is C16H25NO2. The Morgan fingerprint density at radius 2 is 1.95 bits per heavy atom. The maximum absolute atomic E-state index is 11.5. The first kappa shape index (κ1) is 15.7. The molecule has 1 unspecified atom stereocenters. The van der Waals surface area contributed by atoms with Crippen molar-refractivity contribution < 1.29 is 9.90 Å². The van der Waals surface area contributed by atoms with Crippen molar-refractivity contribution in [3.05, 3.63) is 35.4 Å². The molecule has 1 rings (SSSR count). The summed E-state index contributed by atoms with van der Waals surface area (Å²) in [5.74, 6) is 0.223. The van der Waals surface area contributed by atoms with Crippen LogP contribution in [0, 0.1) is 12.8 Å². The van der Waals surface area contributed by atoms with Crippen LogP contribution in [0.4, 0.5) is 0 Å². The van der Waals surface area contributed by atoms with E-state index in [9.17, 15) is 4.79 Å². The second-order valence-electron chi connectivity index (χ2n) is 5.28. The molecule has 19 heavy (non-hydrogen) atoms. The van der Waals surface area contributed by atoms with Crippen molar-refractivity contribution >= 4 is 5.91 Å². The highest BCUT2D eigenvalue weighted by atomic mass is 16.3. The monoisotopic (exact) mass is 263 g/mol. The van der Waals surface area contributed by atoms with Gasteiger partial charge in [-0.3, -0.25) is 4.79 Å². The van der Waals surface area contributed by atoms with Crippen LogP contribution in [0.3, 0.4) is 0 Å². The number of aliphatic hydroxyl groups is 1. The van der Waals surface area contributed by atoms with E-state index in [1.54, 1.807) is 0 Å². The number of carbonyl (C=O) groups excluding carboxylic acids is 1. The van der Waals surface area contributed by atoms with E-state index in [2.05, 4.69) is 36.5 Å². The fourth-order valence-electron chi connectivity index (χ4n) is 1.81. The quantitative estimate of drug-likeness (QED) is 0.708. The molecule has 3 heteroatoms. The summed E-state index contributed by atoms with van der Waals surface area (Å²) >= 11 is 0. The molecule has 0 aromatic heterocycles. The third kappa shape index (κ3) is 6.97. The van der Waals surface area contributed by atoms with Gasteiger partial charge >= 0.3 is 0 Å². The molecule has 3 nitrogen and oxygen atoms in total. The number of hydrogen-bond donors (Lipinski definition) is 2. The van der Waals surface area contributed by atoms with Gasteiger partial charge < -0.3 is 10.4 Å². The van der Waals surface area contributed by atoms with E-state index in [1.165, 1.54) is 11.1 Å². The van der Waals surface area contributed by atoms with Crippen molar-refractivity contribution in [2.75, 3.05) is 13.2 Å². The average Bonchev–Trinajstić information content (AvgIpc) is 2.42. The average molecular weight is 263 g/mol. The predicted molar refractivity (Wildman–Crippen MR) is 78.0 cm³/mol. The Morgan fingerprint density at radius 3 is 2.58 bits per heavy atom. The van der Waals surface area contributed by atoms with Crippen molar-refractivity contribution in [2.24, 2.45) is 5.92 Å². The number of rotatable bonds is 8. The molecule has 1 amide bonds. The Labute approximate surface area is 116 Å². The Kier molecular flexibility index (Phi) is 7.19. The van der Waals surface area contributed by atoms with Crippen LogP contribution in [0.1, 0.15) is 37.3 Å². The van der Waals surface area contributed by atoms with Gasteiger partial charge in [0.2, 0.25) is 5.91 Å². The van der Waals surface area contributed by atoms with Crippen LogP contribution >= 0.6 is 0 Å². The van der Waals surface area contributed by atoms with Gasteiger partial charge in [-0.15, -0.1) is 0 Å². The smallest absolute Gasteiger partial charge is 0.220 e. The Morgan fingerprint density at radius 1 is 1.26 bits per heavy atom. The van der Waals surface area contributed by atoms with Gasteiger partial charge in [-0.1, -0.05) is 36.8 Å². The molecule has 0 radical (unpaired) electrons. The predicted octanol–water partition coefficient (Wildman–Crippen LogP) is 2.45. The molecule has 1 aromatic rings. The van der Waals surface area contributed by atoms with Gasteiger partial charge in [-0.25, -0.2) is 0 Å². The molecule has 0 saturated heterocycles. The lowest BCUT2D eigenvalue weighted by Gasteiger charge is -2.09. The van der Waals surface area contributed by atoms with Crippen LogP contribution in [0.15, 0.2) is 24.3 Å². The van der Waals surface area contributed by atoms with Crippen LogP contribution in [0.5, 0.6) is 0 Å². The number of carbonyl (C=O) groups is 1. The minimum atomic E-state index is 0.0872. The third-order valence-electron chi connectivity index (χ3n) is 3.20. The molecule has 0 fully saturated rings. The van der Waals surface area contributed by atoms with E-state index in [-0.39, 0.29) is 18.4 Å². The number of nitrogens with one attached hydrogen (secondary N) is 1. The van der Waals surface area contributed by atoms with E-state index in [0.29, 0.717) is 13.0 Å². The molecule has 0 aliphatic heterocycles. The molecule has 0 aliphatic carbocycles. The lowest BCUT2D eigenvalue weighted by atomic mass is 10.1. The van der Waals surface area contributed by atoms with Crippen molar-refractivity contribution in [3.63, 3.8) is 0 Å². The molecule has 0 heterocycles. The van der Waals surface area contributed by atoms with Crippen molar-refractivity contribution in [2.45, 2.75) is 39.5 Å². The fraction of sp³-hybridized carbons (Fsp3) is 0.562. The first-order valence-corrected chi connectivity index (χ1v) is 7.05. The van der Waals surface area contributed by atoms with Gasteiger partial charge in [-0.2, -0.15) is 0 Å². The first-order chi connectivity index (χ1) is 9.11. The van der Waals surface area contributed by atoms with Crippen LogP contribution in [-0.2, 0) is 11.2 Å². The molecule has 106 valence electrons. The summed E-state index contributed by atoms with van der Waals surface area (Å²) in [4.78, 5) is 11.5. The summed E-state index contributed by atoms with van der Waals surface area (Å²) in [6.45, 7) is 4.68. The SMILES string of the molecule is Cc1ccc(CCCCC(=O)NCC(C)CO)cc1. The highest BCUT2D eigenvalue weighted by molar-refractivity contribution is 5.75. The fourth-order valence-corrected chi connectivity index (χ4v) is 1.81. The Hall–Kier alpha value is -1.35. The second kappa shape index (κ2) is 8.70. The van der Waals surface area contributed by atoms with Crippen molar-refractivity contribution in [1.82, 2.24) is 5.32 Å². The van der Waals surface area contributed by atoms with E-state index in [0.717, 1.165) is 19.3 Å². The van der Waals surface area contributed by atoms with Gasteiger partial charge in [0, 0.05) is 19.6 Å². The minimum absolute atomic E-state index is 0.0872. The van der Waals surface area contributed by atoms with E-state index >= 15 is 0 Å². The van der Waals surface area contributed by atoms with Crippen LogP contribution in [0.25, 0.3) is 0 Å². The molecule has 0 aliphatic rings. The van der Waals surface area contributed by atoms with Crippen molar-refractivity contribution in [3.8, 4) is 0 Å². The summed E-state index contributed by atoms with van der Waals surface area (Å²) < 4.78 is 0. The number of benzene rings is 1. The number of unbranched alkanes of at least 4 members (excludes halogenated alkanes) is 1. The molecule has 0 spiro atoms. The summed E-state index contributed by atoms with van der Waals surface area (Å²) in [7, 11) is 0. The Balaban J connectivity index is 2.10. The lowest BCUT2D eigenvalue weighted by molar-refractivity contribution is -0.121. The molecule has 2 N–H and O–H groups in total. The number of aryl methyl sites for hydroxylation is 2. The van der Waals surface area contributed by atoms with Gasteiger partial charge in [0.1, 0.15) is 0 Å². The summed E-state index contributed by atoms with van der Waals surface area (Å²) in [5.41, 5.74) is 2.61. The summed E-state index contributed by atoms with van der Waals surface area (Å²) in [5, 5.41) is 11.7. The minimum Gasteiger partial charge on any atom is -0.396 e. The Bertz CT molecular complexity index is 373. The number of hydrogen-bond acceptors (Lipinski definition) is 2. The van der Waals surface area contributed by atoms with Crippen molar-refractivity contribution in [1.29, 1.82) is 0 Å². The van der Waals surface area contributed by atoms with Gasteiger partial charge in [0.15, 0.2) is 0 Å². The molecule has 1 atom stereocenters. The normalized spacial score (nSPS) is 12.2. The zero-order valence-corrected chi connectivity index (χ0v) is 12.0. The van der Waals surface area contributed by atoms with Crippen LogP contribution in [0.2, 0.25) is 0 Å². The molecular weight excluding hydrogens is 238 g/mol. The zero-order valence-electron chi connectivity index (χ0n) is 12.0. The second-order valence-corrected chi connectivity index (χ2v) is 5.28. The van der Waals surface area contributed by atoms with Gasteiger partial charge in [-0.05, 0) is 37.7 Å². The van der Waals surface area contributed by atoms with Crippen LogP contribution < -0.4 is 5.32 Å². The standard InChI is InChI=1S/C16H25NO2/c1-13-7-9-15(10-8-13)5-3-4-6-16(19)17-11-14(2)12-18/h7-10,14,18H,3-6,11-12H2,1-2H3,(H,17,19). The third-order valence-corrected chi connectivity index (χ3v) is 3.20. The largest absolute Gasteiger partial charge is 0.396 e. The lowest BCUT2D eigenvalue weighted by Crippen LogP contribution is -2.29. The molecule has 0 bridgehead atoms. The van der Waals surface area contributed by atoms with E-state index in [1.807, 2.05) is 6.92 Å². The van der Waals surface area contributed by atoms with E-state index in [4.69, 9.17) is 5.11 Å².